The van der Waals surface area contributed by atoms with Gasteiger partial charge in [-0.05, 0) is 0 Å². The van der Waals surface area contributed by atoms with Crippen LogP contribution in [0.25, 0.3) is 0 Å². The Kier molecular flexibility index (Phi) is 1.52. The molecule has 1 heterocycles. The van der Waals surface area contributed by atoms with Gasteiger partial charge in [0.2, 0.25) is 12.2 Å². The summed E-state index contributed by atoms with van der Waals surface area (Å²) in [5.74, 6) is -1.22. The summed E-state index contributed by atoms with van der Waals surface area (Å²) >= 11 is 0. The molecular formula is C4HF3N3. The molecule has 0 aliphatic carbocycles. The van der Waals surface area contributed by atoms with Crippen molar-refractivity contribution in [1.29, 1.82) is 0 Å². The van der Waals surface area contributed by atoms with Crippen LogP contribution in [0.4, 0.5) is 13.2 Å². The van der Waals surface area contributed by atoms with Crippen molar-refractivity contribution in [2.75, 3.05) is 0 Å². The highest BCUT2D eigenvalue weighted by Crippen LogP contribution is 2.24. The van der Waals surface area contributed by atoms with Gasteiger partial charge in [-0.1, -0.05) is 0 Å². The molecule has 1 radical (unpaired) electrons. The Morgan fingerprint density at radius 1 is 1.40 bits per heavy atom. The van der Waals surface area contributed by atoms with Crippen molar-refractivity contribution in [3.05, 3.63) is 18.5 Å². The van der Waals surface area contributed by atoms with E-state index in [4.69, 9.17) is 0 Å². The van der Waals surface area contributed by atoms with Crippen LogP contribution in [0.5, 0.6) is 0 Å². The van der Waals surface area contributed by atoms with Crippen LogP contribution in [0.3, 0.4) is 0 Å². The zero-order chi connectivity index (χ0) is 7.61. The smallest absolute Gasteiger partial charge is 0.213 e. The molecule has 0 atom stereocenters. The average molecular weight is 148 g/mol. The topological polar surface area (TPSA) is 38.7 Å². The van der Waals surface area contributed by atoms with Crippen LogP contribution in [-0.2, 0) is 6.18 Å². The van der Waals surface area contributed by atoms with Gasteiger partial charge in [0.05, 0.1) is 0 Å². The van der Waals surface area contributed by atoms with Crippen LogP contribution >= 0.6 is 0 Å². The molecule has 0 saturated heterocycles. The summed E-state index contributed by atoms with van der Waals surface area (Å²) < 4.78 is 34.8. The van der Waals surface area contributed by atoms with Crippen molar-refractivity contribution in [2.24, 2.45) is 0 Å². The van der Waals surface area contributed by atoms with Gasteiger partial charge in [-0.2, -0.15) is 13.2 Å². The fourth-order valence-corrected chi connectivity index (χ4v) is 0.351. The van der Waals surface area contributed by atoms with E-state index in [2.05, 4.69) is 15.0 Å². The van der Waals surface area contributed by atoms with Crippen molar-refractivity contribution in [2.45, 2.75) is 6.18 Å². The third-order valence-corrected chi connectivity index (χ3v) is 0.705. The predicted octanol–water partition coefficient (Wildman–Crippen LogP) is 0.691. The Bertz CT molecular complexity index is 207. The van der Waals surface area contributed by atoms with Crippen molar-refractivity contribution in [1.82, 2.24) is 15.0 Å². The van der Waals surface area contributed by atoms with E-state index in [-0.39, 0.29) is 0 Å². The molecule has 6 heteroatoms. The first-order chi connectivity index (χ1) is 4.61. The molecule has 0 aromatic carbocycles. The highest BCUT2D eigenvalue weighted by molar-refractivity contribution is 4.85. The van der Waals surface area contributed by atoms with Gasteiger partial charge >= 0.3 is 6.18 Å². The minimum absolute atomic E-state index is 0.746. The molecule has 0 N–H and O–H groups in total. The molecule has 0 spiro atoms. The van der Waals surface area contributed by atoms with Crippen molar-refractivity contribution in [3.8, 4) is 0 Å². The van der Waals surface area contributed by atoms with Gasteiger partial charge in [0.25, 0.3) is 0 Å². The Balaban J connectivity index is 2.97. The van der Waals surface area contributed by atoms with Crippen LogP contribution in [0.15, 0.2) is 6.33 Å². The van der Waals surface area contributed by atoms with E-state index >= 15 is 0 Å². The van der Waals surface area contributed by atoms with E-state index < -0.39 is 12.0 Å². The van der Waals surface area contributed by atoms with E-state index in [1.807, 2.05) is 0 Å². The molecular weight excluding hydrogens is 147 g/mol. The van der Waals surface area contributed by atoms with Gasteiger partial charge in [0, 0.05) is 0 Å². The molecule has 53 valence electrons. The first-order valence-electron chi connectivity index (χ1n) is 2.23. The molecule has 1 aromatic rings. The molecule has 0 amide bonds. The summed E-state index contributed by atoms with van der Waals surface area (Å²) in [5, 5.41) is 0. The van der Waals surface area contributed by atoms with Gasteiger partial charge in [-0.25, -0.2) is 15.0 Å². The second-order valence-electron chi connectivity index (χ2n) is 1.41. The van der Waals surface area contributed by atoms with Gasteiger partial charge in [0.15, 0.2) is 0 Å². The summed E-state index contributed by atoms with van der Waals surface area (Å²) in [7, 11) is 0. The lowest BCUT2D eigenvalue weighted by molar-refractivity contribution is -0.145. The molecule has 0 aliphatic heterocycles. The van der Waals surface area contributed by atoms with E-state index in [9.17, 15) is 13.2 Å². The molecule has 0 unspecified atom stereocenters. The molecule has 0 saturated carbocycles. The lowest BCUT2D eigenvalue weighted by Gasteiger charge is -2.00. The van der Waals surface area contributed by atoms with Crippen molar-refractivity contribution in [3.63, 3.8) is 0 Å². The number of hydrogen-bond acceptors (Lipinski definition) is 3. The zero-order valence-electron chi connectivity index (χ0n) is 4.55. The number of hydrogen-bond donors (Lipinski definition) is 0. The third kappa shape index (κ3) is 1.40. The summed E-state index contributed by atoms with van der Waals surface area (Å²) in [4.78, 5) is 8.76. The summed E-state index contributed by atoms with van der Waals surface area (Å²) in [6.07, 6.45) is -1.97. The van der Waals surface area contributed by atoms with Crippen LogP contribution in [-0.4, -0.2) is 15.0 Å². The zero-order valence-corrected chi connectivity index (χ0v) is 4.55. The lowest BCUT2D eigenvalue weighted by Crippen LogP contribution is -2.10. The van der Waals surface area contributed by atoms with E-state index in [0.717, 1.165) is 6.33 Å². The van der Waals surface area contributed by atoms with Gasteiger partial charge in [-0.15, -0.1) is 0 Å². The molecule has 3 nitrogen and oxygen atoms in total. The lowest BCUT2D eigenvalue weighted by atomic mass is 10.6. The van der Waals surface area contributed by atoms with E-state index in [1.54, 1.807) is 6.33 Å². The van der Waals surface area contributed by atoms with Gasteiger partial charge in [0.1, 0.15) is 6.33 Å². The third-order valence-electron chi connectivity index (χ3n) is 0.705. The monoisotopic (exact) mass is 148 g/mol. The van der Waals surface area contributed by atoms with Crippen LogP contribution in [0.1, 0.15) is 5.82 Å². The predicted molar refractivity (Wildman–Crippen MR) is 23.7 cm³/mol. The fraction of sp³-hybridized carbons (Fsp3) is 0.250. The Morgan fingerprint density at radius 3 is 2.40 bits per heavy atom. The second kappa shape index (κ2) is 2.20. The normalized spacial score (nSPS) is 11.5. The van der Waals surface area contributed by atoms with Crippen LogP contribution < -0.4 is 0 Å². The van der Waals surface area contributed by atoms with Gasteiger partial charge in [-0.3, -0.25) is 0 Å². The molecule has 0 aliphatic rings. The minimum atomic E-state index is -4.50. The Labute approximate surface area is 54.0 Å². The van der Waals surface area contributed by atoms with Crippen molar-refractivity contribution < 1.29 is 13.2 Å². The molecule has 1 rings (SSSR count). The Hall–Kier alpha value is -1.20. The maximum Gasteiger partial charge on any atom is 0.451 e. The molecule has 0 bridgehead atoms. The maximum atomic E-state index is 11.6. The quantitative estimate of drug-likeness (QED) is 0.543. The number of aromatic nitrogens is 3. The summed E-state index contributed by atoms with van der Waals surface area (Å²) in [5.41, 5.74) is 0. The molecule has 10 heavy (non-hydrogen) atoms. The first-order valence-corrected chi connectivity index (χ1v) is 2.23. The molecule has 1 aromatic heterocycles. The van der Waals surface area contributed by atoms with E-state index in [1.165, 1.54) is 0 Å². The van der Waals surface area contributed by atoms with Crippen LogP contribution in [0.2, 0.25) is 0 Å². The number of halogens is 3. The largest absolute Gasteiger partial charge is 0.451 e. The van der Waals surface area contributed by atoms with Gasteiger partial charge < -0.3 is 0 Å². The highest BCUT2D eigenvalue weighted by atomic mass is 19.4. The molecule has 0 fully saturated rings. The van der Waals surface area contributed by atoms with Crippen molar-refractivity contribution >= 4 is 0 Å². The Morgan fingerprint density at radius 2 is 2.10 bits per heavy atom. The SMILES string of the molecule is FC(F)(F)c1n[c]ncn1. The first kappa shape index (κ1) is 6.91. The standard InChI is InChI=1S/C4HF3N3/c5-4(6,7)3-9-1-8-2-10-3/h1H. The average Bonchev–Trinajstić information content (AvgIpc) is 1.88. The number of rotatable bonds is 0. The second-order valence-corrected chi connectivity index (χ2v) is 1.41. The fourth-order valence-electron chi connectivity index (χ4n) is 0.351. The van der Waals surface area contributed by atoms with E-state index in [0.29, 0.717) is 0 Å². The minimum Gasteiger partial charge on any atom is -0.213 e. The maximum absolute atomic E-state index is 11.6. The highest BCUT2D eigenvalue weighted by Gasteiger charge is 2.34. The number of nitrogens with zero attached hydrogens (tertiary/aromatic N) is 3. The summed E-state index contributed by atoms with van der Waals surface area (Å²) in [6.45, 7) is 0. The summed E-state index contributed by atoms with van der Waals surface area (Å²) in [6, 6.07) is 0. The van der Waals surface area contributed by atoms with Crippen LogP contribution in [0, 0.1) is 6.33 Å². The number of alkyl halides is 3.